The molecule has 3 heterocycles. The number of rotatable bonds is 3. The fourth-order valence-electron chi connectivity index (χ4n) is 4.71. The molecule has 1 spiro atoms. The van der Waals surface area contributed by atoms with E-state index >= 15 is 0 Å². The fraction of sp³-hybridized carbons (Fsp3) is 0.217. The number of amides is 3. The Morgan fingerprint density at radius 3 is 2.61 bits per heavy atom. The van der Waals surface area contributed by atoms with Gasteiger partial charge in [-0.05, 0) is 42.7 Å². The van der Waals surface area contributed by atoms with Gasteiger partial charge >= 0.3 is 0 Å². The van der Waals surface area contributed by atoms with E-state index in [-0.39, 0.29) is 24.8 Å². The van der Waals surface area contributed by atoms with Gasteiger partial charge in [0.1, 0.15) is 17.8 Å². The van der Waals surface area contributed by atoms with Gasteiger partial charge in [-0.25, -0.2) is 4.68 Å². The zero-order valence-electron chi connectivity index (χ0n) is 17.2. The van der Waals surface area contributed by atoms with Crippen LogP contribution in [0.15, 0.2) is 48.7 Å². The predicted molar refractivity (Wildman–Crippen MR) is 115 cm³/mol. The van der Waals surface area contributed by atoms with Crippen molar-refractivity contribution in [1.82, 2.24) is 9.78 Å². The van der Waals surface area contributed by atoms with Gasteiger partial charge < -0.3 is 16.0 Å². The predicted octanol–water partition coefficient (Wildman–Crippen LogP) is 1.95. The lowest BCUT2D eigenvalue weighted by Gasteiger charge is -2.32. The van der Waals surface area contributed by atoms with E-state index in [1.54, 1.807) is 23.0 Å². The SMILES string of the molecule is Cc1cccc(-n2ncc3c2NC(=O)C[C@@]32C(=O)N(CC(N)=O)c3ccccc32)c1C. The van der Waals surface area contributed by atoms with Crippen LogP contribution in [0.25, 0.3) is 5.69 Å². The molecule has 2 aromatic carbocycles. The van der Waals surface area contributed by atoms with Crippen molar-refractivity contribution in [3.8, 4) is 5.69 Å². The highest BCUT2D eigenvalue weighted by atomic mass is 16.2. The van der Waals surface area contributed by atoms with Gasteiger partial charge in [-0.1, -0.05) is 30.3 Å². The van der Waals surface area contributed by atoms with Crippen LogP contribution in [0.2, 0.25) is 0 Å². The normalized spacial score (nSPS) is 19.4. The number of aryl methyl sites for hydroxylation is 1. The lowest BCUT2D eigenvalue weighted by atomic mass is 9.72. The van der Waals surface area contributed by atoms with Crippen LogP contribution in [0.5, 0.6) is 0 Å². The van der Waals surface area contributed by atoms with Gasteiger partial charge in [0.25, 0.3) is 0 Å². The van der Waals surface area contributed by atoms with Crippen molar-refractivity contribution in [1.29, 1.82) is 0 Å². The molecule has 8 nitrogen and oxygen atoms in total. The maximum atomic E-state index is 13.8. The summed E-state index contributed by atoms with van der Waals surface area (Å²) in [6.07, 6.45) is 1.57. The van der Waals surface area contributed by atoms with Gasteiger partial charge in [0.15, 0.2) is 0 Å². The third-order valence-electron chi connectivity index (χ3n) is 6.30. The van der Waals surface area contributed by atoms with Crippen molar-refractivity contribution < 1.29 is 14.4 Å². The van der Waals surface area contributed by atoms with Crippen LogP contribution in [0, 0.1) is 13.8 Å². The van der Waals surface area contributed by atoms with E-state index in [0.717, 1.165) is 16.8 Å². The summed E-state index contributed by atoms with van der Waals surface area (Å²) in [5.41, 5.74) is 8.98. The number of aromatic nitrogens is 2. The zero-order valence-corrected chi connectivity index (χ0v) is 17.2. The third kappa shape index (κ3) is 2.54. The van der Waals surface area contributed by atoms with Crippen molar-refractivity contribution in [3.05, 3.63) is 70.9 Å². The highest BCUT2D eigenvalue weighted by Crippen LogP contribution is 2.52. The number of nitrogens with two attached hydrogens (primary N) is 1. The fourth-order valence-corrected chi connectivity index (χ4v) is 4.71. The number of hydrogen-bond acceptors (Lipinski definition) is 4. The highest BCUT2D eigenvalue weighted by Gasteiger charge is 2.57. The number of hydrogen-bond donors (Lipinski definition) is 2. The smallest absolute Gasteiger partial charge is 0.243 e. The largest absolute Gasteiger partial charge is 0.368 e. The summed E-state index contributed by atoms with van der Waals surface area (Å²) in [7, 11) is 0. The number of primary amides is 1. The second-order valence-electron chi connectivity index (χ2n) is 8.04. The van der Waals surface area contributed by atoms with E-state index in [2.05, 4.69) is 10.4 Å². The van der Waals surface area contributed by atoms with E-state index in [0.29, 0.717) is 22.6 Å². The summed E-state index contributed by atoms with van der Waals surface area (Å²) in [5.74, 6) is -0.784. The minimum Gasteiger partial charge on any atom is -0.368 e. The lowest BCUT2D eigenvalue weighted by Crippen LogP contribution is -2.48. The Morgan fingerprint density at radius 1 is 1.10 bits per heavy atom. The van der Waals surface area contributed by atoms with E-state index in [1.165, 1.54) is 4.90 Å². The molecule has 0 bridgehead atoms. The first kappa shape index (κ1) is 19.0. The molecule has 0 aliphatic carbocycles. The number of carbonyl (C=O) groups excluding carboxylic acids is 3. The third-order valence-corrected chi connectivity index (χ3v) is 6.30. The van der Waals surface area contributed by atoms with Crippen LogP contribution < -0.4 is 16.0 Å². The molecule has 2 aliphatic heterocycles. The van der Waals surface area contributed by atoms with E-state index in [4.69, 9.17) is 5.73 Å². The number of anilines is 2. The summed E-state index contributed by atoms with van der Waals surface area (Å²) in [4.78, 5) is 39.7. The van der Waals surface area contributed by atoms with Crippen LogP contribution in [-0.4, -0.2) is 34.0 Å². The maximum absolute atomic E-state index is 13.8. The molecule has 0 unspecified atom stereocenters. The van der Waals surface area contributed by atoms with Crippen LogP contribution >= 0.6 is 0 Å². The Kier molecular flexibility index (Phi) is 4.01. The van der Waals surface area contributed by atoms with Gasteiger partial charge in [0.2, 0.25) is 17.7 Å². The average molecular weight is 415 g/mol. The number of nitrogens with zero attached hydrogens (tertiary/aromatic N) is 3. The average Bonchev–Trinajstić information content (AvgIpc) is 3.24. The summed E-state index contributed by atoms with van der Waals surface area (Å²) in [6, 6.07) is 13.1. The molecule has 3 N–H and O–H groups in total. The molecule has 3 aromatic rings. The van der Waals surface area contributed by atoms with Gasteiger partial charge in [0, 0.05) is 17.7 Å². The van der Waals surface area contributed by atoms with E-state index in [9.17, 15) is 14.4 Å². The highest BCUT2D eigenvalue weighted by molar-refractivity contribution is 6.17. The first-order valence-electron chi connectivity index (χ1n) is 9.99. The van der Waals surface area contributed by atoms with E-state index in [1.807, 2.05) is 44.2 Å². The van der Waals surface area contributed by atoms with Crippen LogP contribution in [0.1, 0.15) is 28.7 Å². The van der Waals surface area contributed by atoms with Gasteiger partial charge in [-0.3, -0.25) is 14.4 Å². The monoisotopic (exact) mass is 415 g/mol. The summed E-state index contributed by atoms with van der Waals surface area (Å²) >= 11 is 0. The Labute approximate surface area is 178 Å². The first-order chi connectivity index (χ1) is 14.8. The Balaban J connectivity index is 1.76. The number of carbonyl (C=O) groups is 3. The minimum atomic E-state index is -1.25. The first-order valence-corrected chi connectivity index (χ1v) is 9.99. The van der Waals surface area contributed by atoms with Gasteiger partial charge in [-0.2, -0.15) is 5.10 Å². The molecule has 3 amide bonds. The Morgan fingerprint density at radius 2 is 1.84 bits per heavy atom. The standard InChI is InChI=1S/C23H21N5O3/c1-13-6-5-9-17(14(13)2)28-21-16(11-25-28)23(10-20(30)26-21)15-7-3-4-8-18(15)27(22(23)31)12-19(24)29/h3-9,11H,10,12H2,1-2H3,(H2,24,29)(H,26,30)/t23-/m0/s1. The molecule has 8 heteroatoms. The molecule has 0 saturated heterocycles. The number of nitrogens with one attached hydrogen (secondary N) is 1. The van der Waals surface area contributed by atoms with Gasteiger partial charge in [-0.15, -0.1) is 0 Å². The van der Waals surface area contributed by atoms with E-state index < -0.39 is 11.3 Å². The molecule has 0 saturated carbocycles. The van der Waals surface area contributed by atoms with Crippen LogP contribution in [0.4, 0.5) is 11.5 Å². The van der Waals surface area contributed by atoms with Crippen molar-refractivity contribution in [2.45, 2.75) is 25.7 Å². The second-order valence-corrected chi connectivity index (χ2v) is 8.04. The molecule has 0 radical (unpaired) electrons. The number of para-hydroxylation sites is 1. The van der Waals surface area contributed by atoms with Crippen LogP contribution in [0.3, 0.4) is 0 Å². The molecule has 1 aromatic heterocycles. The zero-order chi connectivity index (χ0) is 21.9. The van der Waals surface area contributed by atoms with Gasteiger partial charge in [0.05, 0.1) is 11.9 Å². The molecule has 2 aliphatic rings. The Hall–Kier alpha value is -3.94. The lowest BCUT2D eigenvalue weighted by molar-refractivity contribution is -0.127. The summed E-state index contributed by atoms with van der Waals surface area (Å²) in [5, 5.41) is 7.47. The summed E-state index contributed by atoms with van der Waals surface area (Å²) in [6.45, 7) is 3.75. The number of fused-ring (bicyclic) bond motifs is 4. The number of benzene rings is 2. The topological polar surface area (TPSA) is 110 Å². The van der Waals surface area contributed by atoms with Crippen molar-refractivity contribution in [2.75, 3.05) is 16.8 Å². The molecule has 5 rings (SSSR count). The minimum absolute atomic E-state index is 0.0659. The molecular weight excluding hydrogens is 394 g/mol. The second kappa shape index (κ2) is 6.53. The molecule has 156 valence electrons. The molecule has 0 fully saturated rings. The summed E-state index contributed by atoms with van der Waals surface area (Å²) < 4.78 is 1.67. The maximum Gasteiger partial charge on any atom is 0.243 e. The van der Waals surface area contributed by atoms with Crippen LogP contribution in [-0.2, 0) is 19.8 Å². The molecular formula is C23H21N5O3. The Bertz CT molecular complexity index is 1280. The quantitative estimate of drug-likeness (QED) is 0.681. The molecule has 31 heavy (non-hydrogen) atoms. The van der Waals surface area contributed by atoms with Crippen molar-refractivity contribution >= 4 is 29.2 Å². The molecule has 1 atom stereocenters. The van der Waals surface area contributed by atoms with Crippen molar-refractivity contribution in [3.63, 3.8) is 0 Å². The van der Waals surface area contributed by atoms with Crippen molar-refractivity contribution in [2.24, 2.45) is 5.73 Å².